The third-order valence-electron chi connectivity index (χ3n) is 5.99. The van der Waals surface area contributed by atoms with Crippen molar-refractivity contribution < 1.29 is 31.5 Å². The number of carbonyl (C=O) groups excluding carboxylic acids is 3. The maximum absolute atomic E-state index is 7.50. The second kappa shape index (κ2) is 19.7. The van der Waals surface area contributed by atoms with Crippen molar-refractivity contribution in [2.24, 2.45) is 0 Å². The summed E-state index contributed by atoms with van der Waals surface area (Å²) in [6.07, 6.45) is 23.6. The van der Waals surface area contributed by atoms with Gasteiger partial charge in [-0.1, -0.05) is 65.7 Å². The van der Waals surface area contributed by atoms with Gasteiger partial charge in [0.25, 0.3) is 20.4 Å². The van der Waals surface area contributed by atoms with Gasteiger partial charge in [-0.25, -0.2) is 0 Å². The van der Waals surface area contributed by atoms with Gasteiger partial charge in [0, 0.05) is 17.1 Å². The first kappa shape index (κ1) is 28.2. The fourth-order valence-electron chi connectivity index (χ4n) is 5.03. The van der Waals surface area contributed by atoms with Crippen LogP contribution in [0.1, 0.15) is 96.3 Å². The van der Waals surface area contributed by atoms with Crippen LogP contribution in [0.5, 0.6) is 0 Å². The Hall–Kier alpha value is -0.0405. The normalized spacial score (nSPS) is 21.6. The zero-order chi connectivity index (χ0) is 18.9. The molecule has 0 aliphatic heterocycles. The van der Waals surface area contributed by atoms with E-state index in [1.807, 2.05) is 0 Å². The molecule has 0 aromatic rings. The van der Waals surface area contributed by atoms with Crippen molar-refractivity contribution in [3.8, 4) is 0 Å². The molecule has 7 radical (unpaired) electrons. The Morgan fingerprint density at radius 2 is 0.615 bits per heavy atom. The van der Waals surface area contributed by atoms with Crippen molar-refractivity contribution in [2.45, 2.75) is 113 Å². The second-order valence-electron chi connectivity index (χ2n) is 7.32. The second-order valence-corrected chi connectivity index (χ2v) is 10.4. The van der Waals surface area contributed by atoms with Crippen LogP contribution in [0.4, 0.5) is 0 Å². The summed E-state index contributed by atoms with van der Waals surface area (Å²) in [6.45, 7) is 13.5. The molecule has 147 valence electrons. The maximum Gasteiger partial charge on any atom is 0.281 e. The van der Waals surface area contributed by atoms with Crippen LogP contribution in [0, 0.1) is 0 Å². The molecule has 3 rings (SSSR count). The van der Waals surface area contributed by atoms with Crippen molar-refractivity contribution in [2.75, 3.05) is 0 Å². The maximum atomic E-state index is 7.50. The molecule has 3 aliphatic carbocycles. The van der Waals surface area contributed by atoms with Crippen molar-refractivity contribution in [1.29, 1.82) is 0 Å². The van der Waals surface area contributed by atoms with Crippen LogP contribution >= 0.6 is 7.92 Å². The Kier molecular flexibility index (Phi) is 21.4. The first-order chi connectivity index (χ1) is 12.4. The van der Waals surface area contributed by atoms with Crippen molar-refractivity contribution >= 4 is 28.3 Å². The molecule has 3 fully saturated rings. The Morgan fingerprint density at radius 1 is 0.423 bits per heavy atom. The van der Waals surface area contributed by atoms with E-state index in [9.17, 15) is 0 Å². The fraction of sp³-hybridized carbons (Fsp3) is 0.857. The topological polar surface area (TPSA) is 51.2 Å². The number of rotatable bonds is 3. The van der Waals surface area contributed by atoms with Crippen LogP contribution in [-0.2, 0) is 31.5 Å². The van der Waals surface area contributed by atoms with Gasteiger partial charge < -0.3 is 0 Å². The van der Waals surface area contributed by atoms with E-state index in [0.717, 1.165) is 0 Å². The SMILES string of the molecule is C1CCC(P(C2CCCCC2)C2CCCCC2)CC1.[C]=O.[C]=O.[C]=O.[Mn]. The fourth-order valence-corrected chi connectivity index (χ4v) is 9.71. The summed E-state index contributed by atoms with van der Waals surface area (Å²) in [5.74, 6) is 0. The summed E-state index contributed by atoms with van der Waals surface area (Å²) in [7, 11) is 0.385. The molecule has 3 nitrogen and oxygen atoms in total. The van der Waals surface area contributed by atoms with Gasteiger partial charge in [-0.3, -0.25) is 14.4 Å². The first-order valence-electron chi connectivity index (χ1n) is 9.84. The van der Waals surface area contributed by atoms with Gasteiger partial charge in [0.05, 0.1) is 0 Å². The van der Waals surface area contributed by atoms with Gasteiger partial charge in [-0.15, -0.1) is 0 Å². The summed E-state index contributed by atoms with van der Waals surface area (Å²) < 4.78 is 0. The summed E-state index contributed by atoms with van der Waals surface area (Å²) >= 11 is 0. The van der Waals surface area contributed by atoms with Crippen LogP contribution < -0.4 is 0 Å². The van der Waals surface area contributed by atoms with Crippen LogP contribution in [0.2, 0.25) is 0 Å². The first-order valence-corrected chi connectivity index (χ1v) is 11.4. The Labute approximate surface area is 173 Å². The molecule has 0 bridgehead atoms. The van der Waals surface area contributed by atoms with E-state index in [2.05, 4.69) is 20.4 Å². The van der Waals surface area contributed by atoms with E-state index in [4.69, 9.17) is 14.4 Å². The van der Waals surface area contributed by atoms with Gasteiger partial charge in [-0.05, 0) is 55.5 Å². The van der Waals surface area contributed by atoms with Crippen molar-refractivity contribution in [3.63, 3.8) is 0 Å². The molecule has 0 saturated heterocycles. The molecular weight excluding hydrogens is 386 g/mol. The van der Waals surface area contributed by atoms with Crippen LogP contribution in [-0.4, -0.2) is 37.3 Å². The molecule has 0 spiro atoms. The molecule has 0 unspecified atom stereocenters. The molecule has 5 heteroatoms. The quantitative estimate of drug-likeness (QED) is 0.462. The van der Waals surface area contributed by atoms with E-state index in [0.29, 0.717) is 7.92 Å². The molecule has 0 aromatic carbocycles. The average molecular weight is 419 g/mol. The molecule has 0 aromatic heterocycles. The van der Waals surface area contributed by atoms with Crippen molar-refractivity contribution in [1.82, 2.24) is 0 Å². The van der Waals surface area contributed by atoms with E-state index in [1.165, 1.54) is 36.2 Å². The summed E-state index contributed by atoms with van der Waals surface area (Å²) in [5, 5.41) is 0. The number of hydrogen-bond acceptors (Lipinski definition) is 3. The van der Waals surface area contributed by atoms with E-state index >= 15 is 0 Å². The Morgan fingerprint density at radius 3 is 0.808 bits per heavy atom. The van der Waals surface area contributed by atoms with Crippen LogP contribution in [0.25, 0.3) is 0 Å². The Bertz CT molecular complexity index is 254. The monoisotopic (exact) mass is 419 g/mol. The Balaban J connectivity index is 0. The third-order valence-corrected chi connectivity index (χ3v) is 10.1. The van der Waals surface area contributed by atoms with Gasteiger partial charge in [0.2, 0.25) is 0 Å². The van der Waals surface area contributed by atoms with Gasteiger partial charge in [0.1, 0.15) is 0 Å². The molecule has 0 heterocycles. The molecule has 0 amide bonds. The molecule has 26 heavy (non-hydrogen) atoms. The summed E-state index contributed by atoms with van der Waals surface area (Å²) in [6, 6.07) is 0. The number of hydrogen-bond donors (Lipinski definition) is 0. The summed E-state index contributed by atoms with van der Waals surface area (Å²) in [4.78, 5) is 22.5. The molecule has 0 atom stereocenters. The average Bonchev–Trinajstić information content (AvgIpc) is 2.75. The zero-order valence-electron chi connectivity index (χ0n) is 15.9. The van der Waals surface area contributed by atoms with Gasteiger partial charge in [0.15, 0.2) is 0 Å². The molecule has 3 aliphatic rings. The molecular formula is C21H33MnO3P. The third kappa shape index (κ3) is 9.77. The molecule has 0 N–H and O–H groups in total. The van der Waals surface area contributed by atoms with E-state index in [1.54, 1.807) is 77.0 Å². The van der Waals surface area contributed by atoms with Crippen LogP contribution in [0.15, 0.2) is 0 Å². The van der Waals surface area contributed by atoms with Crippen LogP contribution in [0.3, 0.4) is 0 Å². The van der Waals surface area contributed by atoms with E-state index in [-0.39, 0.29) is 17.1 Å². The zero-order valence-corrected chi connectivity index (χ0v) is 18.0. The van der Waals surface area contributed by atoms with Crippen molar-refractivity contribution in [3.05, 3.63) is 0 Å². The largest absolute Gasteiger partial charge is 0.281 e. The standard InChI is InChI=1S/C18H33P.3CO.Mn/c1-4-10-16(11-5-1)19(17-12-6-2-7-13-17)18-14-8-3-9-15-18;3*1-2;/h16-18H,1-15H2;;;;. The minimum Gasteiger partial charge on any atom is -0.281 e. The minimum absolute atomic E-state index is 0. The van der Waals surface area contributed by atoms with E-state index < -0.39 is 0 Å². The predicted octanol–water partition coefficient (Wildman–Crippen LogP) is 5.27. The predicted molar refractivity (Wildman–Crippen MR) is 105 cm³/mol. The smallest absolute Gasteiger partial charge is 0.281 e. The summed E-state index contributed by atoms with van der Waals surface area (Å²) in [5.41, 5.74) is 3.57. The van der Waals surface area contributed by atoms with Gasteiger partial charge in [-0.2, -0.15) is 0 Å². The molecule has 3 saturated carbocycles. The minimum atomic E-state index is 0. The van der Waals surface area contributed by atoms with Gasteiger partial charge >= 0.3 is 0 Å².